The van der Waals surface area contributed by atoms with Crippen LogP contribution in [0.15, 0.2) is 22.4 Å². The number of nitrogens with one attached hydrogen (secondary N) is 9. The number of ketones is 2. The van der Waals surface area contributed by atoms with Crippen LogP contribution in [0.4, 0.5) is 0 Å². The van der Waals surface area contributed by atoms with Crippen LogP contribution in [0.5, 0.6) is 0 Å². The smallest absolute Gasteiger partial charge is 0.307 e. The number of nitrogens with zero attached hydrogens (tertiary/aromatic N) is 1. The van der Waals surface area contributed by atoms with Gasteiger partial charge in [-0.25, -0.2) is 0 Å². The van der Waals surface area contributed by atoms with Gasteiger partial charge in [0.05, 0.1) is 30.1 Å². The number of Topliss-reactive ketones (excluding diaryl/α,β-unsaturated/α-hetero) is 2. The predicted octanol–water partition coefficient (Wildman–Crippen LogP) is -1.67. The van der Waals surface area contributed by atoms with Crippen LogP contribution in [-0.4, -0.2) is 200 Å². The predicted molar refractivity (Wildman–Crippen MR) is 341 cm³/mol. The van der Waals surface area contributed by atoms with E-state index in [1.165, 1.54) is 18.0 Å². The fourth-order valence-corrected chi connectivity index (χ4v) is 12.0. The highest BCUT2D eigenvalue weighted by Gasteiger charge is 2.60. The first-order valence-electron chi connectivity index (χ1n) is 32.7. The molecule has 3 heterocycles. The molecule has 32 heteroatoms. The second kappa shape index (κ2) is 36.5. The summed E-state index contributed by atoms with van der Waals surface area (Å²) < 4.78 is 11.7. The van der Waals surface area contributed by atoms with E-state index in [-0.39, 0.29) is 81.1 Å². The molecule has 0 saturated carbocycles. The summed E-state index contributed by atoms with van der Waals surface area (Å²) in [5.41, 5.74) is 6.34. The number of rotatable bonds is 24. The number of aliphatic hydroxyl groups excluding tert-OH is 3. The molecule has 14 atom stereocenters. The van der Waals surface area contributed by atoms with E-state index < -0.39 is 184 Å². The van der Waals surface area contributed by atoms with Gasteiger partial charge < -0.3 is 89.0 Å². The first-order chi connectivity index (χ1) is 44.5. The van der Waals surface area contributed by atoms with Gasteiger partial charge in [-0.3, -0.25) is 67.1 Å². The lowest BCUT2D eigenvalue weighted by molar-refractivity contribution is -0.174. The lowest BCUT2D eigenvalue weighted by Gasteiger charge is -2.49. The molecule has 95 heavy (non-hydrogen) atoms. The molecule has 11 amide bonds. The van der Waals surface area contributed by atoms with E-state index in [0.717, 1.165) is 46.5 Å². The van der Waals surface area contributed by atoms with E-state index in [1.807, 2.05) is 6.92 Å². The quantitative estimate of drug-likeness (QED) is 0.0292. The number of nitrogens with two attached hydrogens (primary N) is 2. The lowest BCUT2D eigenvalue weighted by Crippen LogP contribution is -2.62. The number of halogens is 1. The Morgan fingerprint density at radius 3 is 1.52 bits per heavy atom. The van der Waals surface area contributed by atoms with Crippen molar-refractivity contribution in [3.8, 4) is 0 Å². The topological polar surface area (TPSA) is 482 Å². The Balaban J connectivity index is 1.89. The number of fused-ring (bicyclic) bond motifs is 1. The van der Waals surface area contributed by atoms with E-state index in [9.17, 15) is 77.6 Å². The van der Waals surface area contributed by atoms with Crippen molar-refractivity contribution in [2.45, 2.75) is 262 Å². The van der Waals surface area contributed by atoms with Gasteiger partial charge >= 0.3 is 5.97 Å². The zero-order valence-corrected chi connectivity index (χ0v) is 56.7. The van der Waals surface area contributed by atoms with Crippen LogP contribution in [0.1, 0.15) is 178 Å². The molecule has 0 radical (unpaired) electrons. The highest BCUT2D eigenvalue weighted by atomic mass is 35.5. The first-order valence-corrected chi connectivity index (χ1v) is 33.1. The van der Waals surface area contributed by atoms with E-state index in [0.29, 0.717) is 25.7 Å². The number of esters is 1. The van der Waals surface area contributed by atoms with Crippen LogP contribution in [-0.2, 0) is 76.6 Å². The van der Waals surface area contributed by atoms with Crippen molar-refractivity contribution in [3.63, 3.8) is 0 Å². The normalized spacial score (nSPS) is 28.9. The maximum absolute atomic E-state index is 15.0. The molecule has 31 nitrogen and oxygen atoms in total. The molecule has 4 rings (SSSR count). The molecule has 2 saturated heterocycles. The Hall–Kier alpha value is -7.61. The summed E-state index contributed by atoms with van der Waals surface area (Å²) in [4.78, 5) is 196. The average Bonchev–Trinajstić information content (AvgIpc) is 1.65. The van der Waals surface area contributed by atoms with Gasteiger partial charge in [0.15, 0.2) is 5.72 Å². The average molecular weight is 1360 g/mol. The maximum atomic E-state index is 15.0. The third-order valence-corrected chi connectivity index (χ3v) is 17.1. The Bertz CT molecular complexity index is 2910. The molecule has 532 valence electrons. The van der Waals surface area contributed by atoms with Crippen LogP contribution in [0, 0.1) is 11.8 Å². The van der Waals surface area contributed by atoms with E-state index in [2.05, 4.69) is 47.9 Å². The van der Waals surface area contributed by atoms with Crippen molar-refractivity contribution < 1.29 is 91.9 Å². The minimum absolute atomic E-state index is 0.0310. The summed E-state index contributed by atoms with van der Waals surface area (Å²) in [5, 5.41) is 55.9. The van der Waals surface area contributed by atoms with Gasteiger partial charge in [0.25, 0.3) is 0 Å². The SMILES string of the molecule is CCCCCCCC[C@@H]1NC(=O)[C@@H](CC(C)C)NC(=O)[C@H]([C@@H](C)O)NC(=O)[C@@H](CC(C)C)NC(=O)[C@H](CC(N)=O)NC(=O)[C@@H](CC(N)=O)NC(=O)[C@H](C)NC(=O)[C@@H]([C@@H](C)O)NC(=O)[C@H](CCCN2C=C3C(=O)C(C)(OC(=O)CCC)C(=O)C(Cl)=C3[C@@H](O)[C@]23CCCO3)NC1=O. The standard InChI is InChI=1S/C63H99ClN12O19/c1-11-13-14-15-16-17-21-37-54(86)68-38(22-18-24-76-30-36-46(51(83)63(76)23-19-25-94-63)47(64)52(84)62(10,50(36)82)95-45(81)20-12-2)55(87)74-48(34(8)77)60(92)67-33(7)53(85)70-41(28-43(65)79)57(89)72-42(29-44(66)80)58(90)71-40(27-32(5)6)59(91)75-49(35(9)78)61(93)73-39(26-31(3)4)56(88)69-37/h30-35,37-42,48-49,51,77-78,83H,11-29H2,1-10H3,(H2,65,79)(H2,66,80)(H,67,92)(H,68,86)(H,69,88)(H,70,85)(H,71,90)(H,72,89)(H,73,93)(H,74,87)(H,75,91)/t33-,34+,35+,37-,38-,39+,40+,41+,42-,48+,49-,51+,62?,63+/m0/s1. The van der Waals surface area contributed by atoms with Gasteiger partial charge in [-0.2, -0.15) is 0 Å². The number of hydrogen-bond acceptors (Lipinski definition) is 20. The Morgan fingerprint density at radius 2 is 1.03 bits per heavy atom. The molecule has 2 fully saturated rings. The van der Waals surface area contributed by atoms with Gasteiger partial charge in [0.1, 0.15) is 60.5 Å². The van der Waals surface area contributed by atoms with E-state index in [4.69, 9.17) is 32.5 Å². The third kappa shape index (κ3) is 22.0. The molecule has 0 bridgehead atoms. The summed E-state index contributed by atoms with van der Waals surface area (Å²) in [6.45, 7) is 15.0. The summed E-state index contributed by atoms with van der Waals surface area (Å²) >= 11 is 6.67. The Labute approximate surface area is 558 Å². The van der Waals surface area contributed by atoms with Gasteiger partial charge in [0.2, 0.25) is 82.1 Å². The molecule has 1 unspecified atom stereocenters. The number of primary amides is 2. The minimum atomic E-state index is -2.42. The van der Waals surface area contributed by atoms with Crippen molar-refractivity contribution in [3.05, 3.63) is 22.4 Å². The summed E-state index contributed by atoms with van der Waals surface area (Å²) in [6, 6.07) is -15.3. The number of hydrogen-bond donors (Lipinski definition) is 14. The second-order valence-corrected chi connectivity index (χ2v) is 26.3. The molecule has 1 spiro atoms. The summed E-state index contributed by atoms with van der Waals surface area (Å²) in [6.07, 6.45) is -1.28. The van der Waals surface area contributed by atoms with Gasteiger partial charge in [-0.15, -0.1) is 0 Å². The van der Waals surface area contributed by atoms with Crippen LogP contribution in [0.3, 0.4) is 0 Å². The zero-order valence-electron chi connectivity index (χ0n) is 55.9. The Kier molecular flexibility index (Phi) is 30.7. The van der Waals surface area contributed by atoms with Crippen molar-refractivity contribution in [1.29, 1.82) is 0 Å². The number of carbonyl (C=O) groups is 14. The first kappa shape index (κ1) is 79.8. The molecule has 0 aromatic rings. The molecule has 1 aliphatic carbocycles. The molecular formula is C63H99ClN12O19. The van der Waals surface area contributed by atoms with E-state index in [1.54, 1.807) is 34.6 Å². The fourth-order valence-electron chi connectivity index (χ4n) is 11.6. The lowest BCUT2D eigenvalue weighted by atomic mass is 9.74. The summed E-state index contributed by atoms with van der Waals surface area (Å²) in [7, 11) is 0. The van der Waals surface area contributed by atoms with Gasteiger partial charge in [-0.1, -0.05) is 91.7 Å². The number of ether oxygens (including phenoxy) is 2. The van der Waals surface area contributed by atoms with Crippen LogP contribution < -0.4 is 59.3 Å². The maximum Gasteiger partial charge on any atom is 0.307 e. The molecule has 16 N–H and O–H groups in total. The second-order valence-electron chi connectivity index (χ2n) is 25.9. The minimum Gasteiger partial charge on any atom is -0.442 e. The number of amides is 11. The molecular weight excluding hydrogens is 1260 g/mol. The van der Waals surface area contributed by atoms with Crippen molar-refractivity contribution in [1.82, 2.24) is 52.8 Å². The van der Waals surface area contributed by atoms with Crippen LogP contribution in [0.2, 0.25) is 0 Å². The number of carbonyl (C=O) groups excluding carboxylic acids is 14. The number of unbranched alkanes of at least 4 members (excludes halogenated alkanes) is 5. The van der Waals surface area contributed by atoms with Crippen molar-refractivity contribution in [2.24, 2.45) is 23.3 Å². The van der Waals surface area contributed by atoms with Crippen molar-refractivity contribution in [2.75, 3.05) is 13.2 Å². The van der Waals surface area contributed by atoms with Gasteiger partial charge in [0, 0.05) is 43.3 Å². The monoisotopic (exact) mass is 1360 g/mol. The van der Waals surface area contributed by atoms with Crippen molar-refractivity contribution >= 4 is 94.1 Å². The van der Waals surface area contributed by atoms with E-state index >= 15 is 4.79 Å². The molecule has 0 aromatic carbocycles. The molecule has 4 aliphatic rings. The third-order valence-electron chi connectivity index (χ3n) is 16.8. The summed E-state index contributed by atoms with van der Waals surface area (Å²) in [5.74, 6) is -15.8. The fraction of sp³-hybridized carbons (Fsp3) is 0.714. The molecule has 3 aliphatic heterocycles. The highest BCUT2D eigenvalue weighted by molar-refractivity contribution is 6.49. The molecule has 0 aromatic heterocycles. The van der Waals surface area contributed by atoms with Gasteiger partial charge in [-0.05, 0) is 84.5 Å². The zero-order chi connectivity index (χ0) is 71.4. The number of aliphatic hydroxyl groups is 3. The highest BCUT2D eigenvalue weighted by Crippen LogP contribution is 2.48. The largest absolute Gasteiger partial charge is 0.442 e. The van der Waals surface area contributed by atoms with Crippen LogP contribution in [0.25, 0.3) is 0 Å². The Morgan fingerprint density at radius 1 is 0.600 bits per heavy atom. The van der Waals surface area contributed by atoms with Crippen LogP contribution >= 0.6 is 11.6 Å².